The predicted molar refractivity (Wildman–Crippen MR) is 108 cm³/mol. The Morgan fingerprint density at radius 2 is 1.66 bits per heavy atom. The lowest BCUT2D eigenvalue weighted by Gasteiger charge is -2.30. The zero-order valence-electron chi connectivity index (χ0n) is 16.8. The maximum atomic E-state index is 12.8. The van der Waals surface area contributed by atoms with Gasteiger partial charge < -0.3 is 14.9 Å². The molecule has 0 unspecified atom stereocenters. The summed E-state index contributed by atoms with van der Waals surface area (Å²) >= 11 is 0. The molecule has 29 heavy (non-hydrogen) atoms. The van der Waals surface area contributed by atoms with E-state index in [1.165, 1.54) is 30.4 Å². The first-order chi connectivity index (χ1) is 13.9. The van der Waals surface area contributed by atoms with Gasteiger partial charge in [0.1, 0.15) is 6.10 Å². The van der Waals surface area contributed by atoms with Gasteiger partial charge in [0.05, 0.1) is 5.57 Å². The first-order valence-electron chi connectivity index (χ1n) is 10.1. The van der Waals surface area contributed by atoms with Crippen molar-refractivity contribution in [1.29, 1.82) is 0 Å². The molecule has 7 heteroatoms. The van der Waals surface area contributed by atoms with E-state index in [0.29, 0.717) is 6.54 Å². The van der Waals surface area contributed by atoms with Crippen LogP contribution >= 0.6 is 0 Å². The highest BCUT2D eigenvalue weighted by atomic mass is 16.5. The van der Waals surface area contributed by atoms with Crippen LogP contribution in [-0.4, -0.2) is 58.8 Å². The van der Waals surface area contributed by atoms with E-state index in [1.807, 2.05) is 18.2 Å². The summed E-state index contributed by atoms with van der Waals surface area (Å²) in [5.74, 6) is -3.74. The van der Waals surface area contributed by atoms with Crippen molar-refractivity contribution in [2.24, 2.45) is 0 Å². The zero-order chi connectivity index (χ0) is 21.2. The molecule has 0 bridgehead atoms. The van der Waals surface area contributed by atoms with Gasteiger partial charge in [-0.2, -0.15) is 0 Å². The van der Waals surface area contributed by atoms with Crippen molar-refractivity contribution in [2.75, 3.05) is 19.6 Å². The zero-order valence-corrected chi connectivity index (χ0v) is 16.8. The van der Waals surface area contributed by atoms with Gasteiger partial charge in [0, 0.05) is 13.1 Å². The molecule has 0 spiro atoms. The summed E-state index contributed by atoms with van der Waals surface area (Å²) in [5, 5.41) is 14.8. The highest BCUT2D eigenvalue weighted by Gasteiger charge is 2.27. The Morgan fingerprint density at radius 3 is 2.21 bits per heavy atom. The molecule has 0 amide bonds. The molecular formula is C22H29NO6. The van der Waals surface area contributed by atoms with Crippen LogP contribution in [0.15, 0.2) is 35.9 Å². The van der Waals surface area contributed by atoms with Gasteiger partial charge in [0.2, 0.25) is 0 Å². The summed E-state index contributed by atoms with van der Waals surface area (Å²) in [6.07, 6.45) is 6.74. The molecule has 1 fully saturated rings. The minimum absolute atomic E-state index is 0.0890. The first-order valence-corrected chi connectivity index (χ1v) is 10.1. The number of likely N-dealkylation sites (N-methyl/N-ethyl adjacent to an activating group) is 1. The van der Waals surface area contributed by atoms with Crippen molar-refractivity contribution >= 4 is 23.5 Å². The molecule has 3 rings (SSSR count). The maximum absolute atomic E-state index is 12.8. The quantitative estimate of drug-likeness (QED) is 0.588. The molecule has 0 radical (unpaired) electrons. The number of ether oxygens (including phenoxy) is 1. The minimum Gasteiger partial charge on any atom is -0.473 e. The van der Waals surface area contributed by atoms with E-state index >= 15 is 0 Å². The summed E-state index contributed by atoms with van der Waals surface area (Å²) in [4.78, 5) is 33.3. The highest BCUT2D eigenvalue weighted by Crippen LogP contribution is 2.29. The Kier molecular flexibility index (Phi) is 8.86. The van der Waals surface area contributed by atoms with E-state index < -0.39 is 11.9 Å². The fourth-order valence-corrected chi connectivity index (χ4v) is 3.64. The van der Waals surface area contributed by atoms with Crippen molar-refractivity contribution in [3.05, 3.63) is 41.5 Å². The lowest BCUT2D eigenvalue weighted by atomic mass is 9.93. The number of carboxylic acid groups (broad SMARTS) is 2. The normalized spacial score (nSPS) is 17.8. The number of hydrogen-bond acceptors (Lipinski definition) is 5. The Balaban J connectivity index is 0.000000438. The Labute approximate surface area is 171 Å². The van der Waals surface area contributed by atoms with Crippen LogP contribution in [-0.2, 0) is 19.1 Å². The SMILES string of the molecule is CCN1CCC(c2ccccc2)=C(C(=O)OC2CCCCC2)C1.O=C(O)C(=O)O. The van der Waals surface area contributed by atoms with Crippen LogP contribution in [0.4, 0.5) is 0 Å². The van der Waals surface area contributed by atoms with Crippen molar-refractivity contribution in [3.8, 4) is 0 Å². The fraction of sp³-hybridized carbons (Fsp3) is 0.500. The van der Waals surface area contributed by atoms with Crippen molar-refractivity contribution in [1.82, 2.24) is 4.90 Å². The van der Waals surface area contributed by atoms with Gasteiger partial charge >= 0.3 is 17.9 Å². The van der Waals surface area contributed by atoms with E-state index in [2.05, 4.69) is 24.0 Å². The molecule has 1 aliphatic carbocycles. The van der Waals surface area contributed by atoms with E-state index in [9.17, 15) is 4.79 Å². The standard InChI is InChI=1S/C20H27NO2.C2H2O4/c1-2-21-14-13-18(16-9-5-3-6-10-16)19(15-21)20(22)23-17-11-7-4-8-12-17;3-1(4)2(5)6/h3,5-6,9-10,17H,2,4,7-8,11-15H2,1H3;(H,3,4)(H,5,6). The van der Waals surface area contributed by atoms with Gasteiger partial charge in [-0.05, 0) is 49.8 Å². The highest BCUT2D eigenvalue weighted by molar-refractivity contribution is 6.27. The molecule has 2 aliphatic rings. The summed E-state index contributed by atoms with van der Waals surface area (Å²) in [5.41, 5.74) is 3.21. The second-order valence-corrected chi connectivity index (χ2v) is 7.22. The monoisotopic (exact) mass is 403 g/mol. The number of nitrogens with zero attached hydrogens (tertiary/aromatic N) is 1. The van der Waals surface area contributed by atoms with Crippen molar-refractivity contribution < 1.29 is 29.3 Å². The smallest absolute Gasteiger partial charge is 0.414 e. The maximum Gasteiger partial charge on any atom is 0.414 e. The third-order valence-electron chi connectivity index (χ3n) is 5.25. The number of carboxylic acids is 2. The van der Waals surface area contributed by atoms with Crippen LogP contribution in [0.5, 0.6) is 0 Å². The van der Waals surface area contributed by atoms with Crippen LogP contribution in [0.25, 0.3) is 5.57 Å². The number of hydrogen-bond donors (Lipinski definition) is 2. The van der Waals surface area contributed by atoms with Crippen LogP contribution in [0.1, 0.15) is 51.0 Å². The number of carbonyl (C=O) groups is 3. The van der Waals surface area contributed by atoms with Crippen molar-refractivity contribution in [2.45, 2.75) is 51.6 Å². The van der Waals surface area contributed by atoms with Gasteiger partial charge in [0.25, 0.3) is 0 Å². The van der Waals surface area contributed by atoms with Gasteiger partial charge in [-0.3, -0.25) is 4.90 Å². The second kappa shape index (κ2) is 11.4. The topological polar surface area (TPSA) is 104 Å². The number of benzene rings is 1. The molecule has 0 atom stereocenters. The minimum atomic E-state index is -1.82. The van der Waals surface area contributed by atoms with Crippen LogP contribution < -0.4 is 0 Å². The molecule has 158 valence electrons. The van der Waals surface area contributed by atoms with E-state index in [-0.39, 0.29) is 12.1 Å². The van der Waals surface area contributed by atoms with Crippen LogP contribution in [0.3, 0.4) is 0 Å². The molecule has 1 saturated carbocycles. The van der Waals surface area contributed by atoms with Gasteiger partial charge in [0.15, 0.2) is 0 Å². The largest absolute Gasteiger partial charge is 0.473 e. The summed E-state index contributed by atoms with van der Waals surface area (Å²) in [6.45, 7) is 4.85. The van der Waals surface area contributed by atoms with Crippen molar-refractivity contribution in [3.63, 3.8) is 0 Å². The first kappa shape index (κ1) is 22.6. The lowest BCUT2D eigenvalue weighted by molar-refractivity contribution is -0.159. The molecular weight excluding hydrogens is 374 g/mol. The number of carbonyl (C=O) groups excluding carboxylic acids is 1. The van der Waals surface area contributed by atoms with Gasteiger partial charge in [-0.25, -0.2) is 14.4 Å². The third-order valence-corrected chi connectivity index (χ3v) is 5.25. The average Bonchev–Trinajstić information content (AvgIpc) is 2.75. The fourth-order valence-electron chi connectivity index (χ4n) is 3.64. The van der Waals surface area contributed by atoms with Crippen LogP contribution in [0.2, 0.25) is 0 Å². The molecule has 1 aromatic carbocycles. The number of rotatable bonds is 4. The third kappa shape index (κ3) is 7.02. The van der Waals surface area contributed by atoms with E-state index in [1.54, 1.807) is 0 Å². The average molecular weight is 403 g/mol. The predicted octanol–water partition coefficient (Wildman–Crippen LogP) is 3.20. The Morgan fingerprint density at radius 1 is 1.03 bits per heavy atom. The molecule has 1 aliphatic heterocycles. The molecule has 1 heterocycles. The lowest BCUT2D eigenvalue weighted by Crippen LogP contribution is -2.35. The van der Waals surface area contributed by atoms with E-state index in [4.69, 9.17) is 24.5 Å². The number of aliphatic carboxylic acids is 2. The Bertz CT molecular complexity index is 725. The van der Waals surface area contributed by atoms with Gasteiger partial charge in [-0.15, -0.1) is 0 Å². The van der Waals surface area contributed by atoms with Crippen LogP contribution in [0, 0.1) is 0 Å². The second-order valence-electron chi connectivity index (χ2n) is 7.22. The molecule has 7 nitrogen and oxygen atoms in total. The Hall–Kier alpha value is -2.67. The van der Waals surface area contributed by atoms with E-state index in [0.717, 1.165) is 37.9 Å². The summed E-state index contributed by atoms with van der Waals surface area (Å²) in [7, 11) is 0. The van der Waals surface area contributed by atoms with Gasteiger partial charge in [-0.1, -0.05) is 43.7 Å². The molecule has 1 aromatic rings. The summed E-state index contributed by atoms with van der Waals surface area (Å²) in [6, 6.07) is 10.3. The molecule has 0 saturated heterocycles. The summed E-state index contributed by atoms with van der Waals surface area (Å²) < 4.78 is 5.85. The number of esters is 1. The molecule has 0 aromatic heterocycles. The molecule has 2 N–H and O–H groups in total.